The van der Waals surface area contributed by atoms with Gasteiger partial charge in [0, 0.05) is 13.2 Å². The quantitative estimate of drug-likeness (QED) is 0.101. The Morgan fingerprint density at radius 2 is 0.972 bits per heavy atom. The number of ether oxygens (including phenoxy) is 1. The van der Waals surface area contributed by atoms with Crippen molar-refractivity contribution in [1.82, 2.24) is 4.90 Å². The van der Waals surface area contributed by atoms with Crippen LogP contribution in [0.25, 0.3) is 0 Å². The molecule has 36 heavy (non-hydrogen) atoms. The maximum absolute atomic E-state index is 9.39. The van der Waals surface area contributed by atoms with Crippen LogP contribution >= 0.6 is 0 Å². The summed E-state index contributed by atoms with van der Waals surface area (Å²) in [6.45, 7) is 15.9. The Labute approximate surface area is 228 Å². The number of nitrogens with zero attached hydrogens (tertiary/aromatic N) is 1. The van der Waals surface area contributed by atoms with E-state index in [0.717, 1.165) is 32.7 Å². The molecule has 0 atom stereocenters. The van der Waals surface area contributed by atoms with Crippen molar-refractivity contribution in [2.24, 2.45) is 5.92 Å². The van der Waals surface area contributed by atoms with Crippen molar-refractivity contribution in [3.05, 3.63) is 0 Å². The Bertz CT molecular complexity index is 410. The van der Waals surface area contributed by atoms with Crippen LogP contribution < -0.4 is 0 Å². The number of aliphatic hydroxyl groups is 1. The van der Waals surface area contributed by atoms with Gasteiger partial charge in [0.15, 0.2) is 0 Å². The molecule has 0 spiro atoms. The van der Waals surface area contributed by atoms with Crippen LogP contribution in [0.15, 0.2) is 0 Å². The third-order valence-electron chi connectivity index (χ3n) is 8.13. The van der Waals surface area contributed by atoms with Gasteiger partial charge in [0.25, 0.3) is 0 Å². The van der Waals surface area contributed by atoms with Gasteiger partial charge in [-0.1, -0.05) is 117 Å². The van der Waals surface area contributed by atoms with Crippen molar-refractivity contribution in [3.8, 4) is 0 Å². The fourth-order valence-electron chi connectivity index (χ4n) is 5.49. The fourth-order valence-corrected chi connectivity index (χ4v) is 5.49. The topological polar surface area (TPSA) is 32.7 Å². The summed E-state index contributed by atoms with van der Waals surface area (Å²) in [4.78, 5) is 2.46. The molecule has 0 aliphatic heterocycles. The van der Waals surface area contributed by atoms with Crippen LogP contribution in [0.5, 0.6) is 0 Å². The molecule has 0 aliphatic carbocycles. The number of aliphatic hydroxyl groups excluding tert-OH is 1. The van der Waals surface area contributed by atoms with Crippen LogP contribution in [0.1, 0.15) is 169 Å². The molecule has 0 saturated carbocycles. The van der Waals surface area contributed by atoms with E-state index in [1.165, 1.54) is 128 Å². The summed E-state index contributed by atoms with van der Waals surface area (Å²) in [6.07, 6.45) is 28.1. The van der Waals surface area contributed by atoms with Crippen LogP contribution in [-0.2, 0) is 4.74 Å². The lowest BCUT2D eigenvalue weighted by molar-refractivity contribution is -0.0675. The van der Waals surface area contributed by atoms with E-state index in [0.29, 0.717) is 5.92 Å². The van der Waals surface area contributed by atoms with Gasteiger partial charge >= 0.3 is 0 Å². The van der Waals surface area contributed by atoms with Crippen LogP contribution in [0.4, 0.5) is 0 Å². The van der Waals surface area contributed by atoms with Gasteiger partial charge in [-0.25, -0.2) is 0 Å². The van der Waals surface area contributed by atoms with Gasteiger partial charge in [0.2, 0.25) is 0 Å². The Morgan fingerprint density at radius 1 is 0.556 bits per heavy atom. The lowest BCUT2D eigenvalue weighted by Crippen LogP contribution is -2.35. The molecule has 1 N–H and O–H groups in total. The summed E-state index contributed by atoms with van der Waals surface area (Å²) in [5, 5.41) is 9.39. The van der Waals surface area contributed by atoms with Crippen molar-refractivity contribution < 1.29 is 9.84 Å². The minimum Gasteiger partial charge on any atom is -0.395 e. The van der Waals surface area contributed by atoms with Crippen LogP contribution in [0.3, 0.4) is 0 Å². The van der Waals surface area contributed by atoms with E-state index in [1.807, 2.05) is 0 Å². The highest BCUT2D eigenvalue weighted by molar-refractivity contribution is 4.80. The predicted octanol–water partition coefficient (Wildman–Crippen LogP) is 9.94. The zero-order valence-electron chi connectivity index (χ0n) is 25.8. The number of hydrogen-bond acceptors (Lipinski definition) is 3. The highest BCUT2D eigenvalue weighted by Crippen LogP contribution is 2.32. The summed E-state index contributed by atoms with van der Waals surface area (Å²) in [5.41, 5.74) is -0.00492. The van der Waals surface area contributed by atoms with Gasteiger partial charge in [0.1, 0.15) is 0 Å². The molecule has 0 unspecified atom stereocenters. The number of rotatable bonds is 29. The third kappa shape index (κ3) is 21.9. The van der Waals surface area contributed by atoms with Crippen LogP contribution in [0.2, 0.25) is 0 Å². The second-order valence-electron chi connectivity index (χ2n) is 11.9. The first kappa shape index (κ1) is 35.9. The minimum absolute atomic E-state index is 0.00492. The first-order valence-corrected chi connectivity index (χ1v) is 16.5. The molecular weight excluding hydrogens is 442 g/mol. The van der Waals surface area contributed by atoms with E-state index in [4.69, 9.17) is 4.74 Å². The summed E-state index contributed by atoms with van der Waals surface area (Å²) in [6, 6.07) is 0. The minimum atomic E-state index is -0.00492. The van der Waals surface area contributed by atoms with Crippen molar-refractivity contribution in [3.63, 3.8) is 0 Å². The molecule has 0 heterocycles. The maximum Gasteiger partial charge on any atom is 0.0654 e. The SMILES string of the molecule is CCCCCCCCC(CCCCCCCC)C(C)(C)OCCCCCN(CCO)CCCCCC. The molecular formula is C33H69NO2. The Morgan fingerprint density at radius 3 is 1.44 bits per heavy atom. The van der Waals surface area contributed by atoms with Crippen LogP contribution in [-0.4, -0.2) is 48.5 Å². The summed E-state index contributed by atoms with van der Waals surface area (Å²) >= 11 is 0. The smallest absolute Gasteiger partial charge is 0.0654 e. The summed E-state index contributed by atoms with van der Waals surface area (Å²) < 4.78 is 6.58. The highest BCUT2D eigenvalue weighted by Gasteiger charge is 2.29. The molecule has 0 aromatic heterocycles. The molecule has 0 bridgehead atoms. The second-order valence-corrected chi connectivity index (χ2v) is 11.9. The van der Waals surface area contributed by atoms with E-state index in [9.17, 15) is 5.11 Å². The lowest BCUT2D eigenvalue weighted by Gasteiger charge is -2.35. The largest absolute Gasteiger partial charge is 0.395 e. The van der Waals surface area contributed by atoms with Gasteiger partial charge in [-0.3, -0.25) is 0 Å². The standard InChI is InChI=1S/C33H69NO2/c1-6-9-12-15-17-20-25-32(26-21-18-16-13-10-7-2)33(4,5)36-31-24-19-23-28-34(29-30-35)27-22-14-11-8-3/h32,35H,6-31H2,1-5H3. The van der Waals surface area contributed by atoms with E-state index in [2.05, 4.69) is 39.5 Å². The van der Waals surface area contributed by atoms with E-state index in [1.54, 1.807) is 0 Å². The molecule has 0 radical (unpaired) electrons. The first-order chi connectivity index (χ1) is 17.5. The van der Waals surface area contributed by atoms with Crippen molar-refractivity contribution >= 4 is 0 Å². The average molecular weight is 512 g/mol. The second kappa shape index (κ2) is 26.5. The molecule has 218 valence electrons. The normalized spacial score (nSPS) is 12.3. The molecule has 0 aliphatic rings. The van der Waals surface area contributed by atoms with Gasteiger partial charge in [-0.05, 0) is 71.4 Å². The maximum atomic E-state index is 9.39. The molecule has 0 amide bonds. The van der Waals surface area contributed by atoms with E-state index >= 15 is 0 Å². The third-order valence-corrected chi connectivity index (χ3v) is 8.13. The average Bonchev–Trinajstić information content (AvgIpc) is 2.86. The van der Waals surface area contributed by atoms with Crippen molar-refractivity contribution in [2.75, 3.05) is 32.8 Å². The molecule has 0 fully saturated rings. The summed E-state index contributed by atoms with van der Waals surface area (Å²) in [5.74, 6) is 0.693. The molecule has 3 heteroatoms. The van der Waals surface area contributed by atoms with Crippen LogP contribution in [0, 0.1) is 5.92 Å². The van der Waals surface area contributed by atoms with E-state index < -0.39 is 0 Å². The predicted molar refractivity (Wildman–Crippen MR) is 161 cm³/mol. The zero-order chi connectivity index (χ0) is 26.7. The fraction of sp³-hybridized carbons (Fsp3) is 1.00. The lowest BCUT2D eigenvalue weighted by atomic mass is 9.82. The molecule has 0 aromatic rings. The number of unbranched alkanes of at least 4 members (excludes halogenated alkanes) is 15. The van der Waals surface area contributed by atoms with Gasteiger partial charge < -0.3 is 14.7 Å². The summed E-state index contributed by atoms with van der Waals surface area (Å²) in [7, 11) is 0. The first-order valence-electron chi connectivity index (χ1n) is 16.5. The molecule has 0 aromatic carbocycles. The molecule has 0 saturated heterocycles. The Balaban J connectivity index is 4.34. The number of hydrogen-bond donors (Lipinski definition) is 1. The van der Waals surface area contributed by atoms with Gasteiger partial charge in [0.05, 0.1) is 12.2 Å². The van der Waals surface area contributed by atoms with Gasteiger partial charge in [-0.15, -0.1) is 0 Å². The zero-order valence-corrected chi connectivity index (χ0v) is 25.8. The highest BCUT2D eigenvalue weighted by atomic mass is 16.5. The molecule has 0 rings (SSSR count). The Hall–Kier alpha value is -0.120. The van der Waals surface area contributed by atoms with Crippen molar-refractivity contribution in [1.29, 1.82) is 0 Å². The van der Waals surface area contributed by atoms with Gasteiger partial charge in [-0.2, -0.15) is 0 Å². The van der Waals surface area contributed by atoms with Crippen molar-refractivity contribution in [2.45, 2.75) is 175 Å². The Kier molecular flexibility index (Phi) is 26.4. The van der Waals surface area contributed by atoms with E-state index in [-0.39, 0.29) is 12.2 Å². The monoisotopic (exact) mass is 512 g/mol. The molecule has 3 nitrogen and oxygen atoms in total.